The van der Waals surface area contributed by atoms with Crippen LogP contribution in [-0.4, -0.2) is 28.9 Å². The molecular weight excluding hydrogens is 356 g/mol. The van der Waals surface area contributed by atoms with Crippen molar-refractivity contribution in [2.24, 2.45) is 11.8 Å². The molecule has 3 rings (SSSR count). The zero-order valence-corrected chi connectivity index (χ0v) is 16.2. The fraction of sp³-hybridized carbons (Fsp3) is 0.591. The first-order chi connectivity index (χ1) is 13.5. The molecule has 0 aromatic heterocycles. The van der Waals surface area contributed by atoms with E-state index in [1.165, 1.54) is 12.8 Å². The third kappa shape index (κ3) is 5.57. The third-order valence-electron chi connectivity index (χ3n) is 6.08. The van der Waals surface area contributed by atoms with Crippen LogP contribution >= 0.6 is 0 Å². The number of aliphatic carboxylic acids is 1. The molecule has 1 atom stereocenters. The molecule has 2 saturated carbocycles. The standard InChI is InChI=1S/C22H30N2O4/c25-19(14-15-6-4-5-7-15)23-18-12-10-17(11-13-18)21(26)24-20(22(27)28)16-8-2-1-3-9-16/h1-3,8-9,15,17-18,20H,4-7,10-14H2,(H,23,25)(H,24,26)(H,27,28)/t17?,18?,20-/m1/s1. The monoisotopic (exact) mass is 386 g/mol. The quantitative estimate of drug-likeness (QED) is 0.671. The molecule has 0 spiro atoms. The van der Waals surface area contributed by atoms with Gasteiger partial charge in [-0.25, -0.2) is 4.79 Å². The van der Waals surface area contributed by atoms with Crippen LogP contribution in [0.5, 0.6) is 0 Å². The number of carboxylic acids is 1. The second-order valence-electron chi connectivity index (χ2n) is 8.16. The van der Waals surface area contributed by atoms with Gasteiger partial charge in [-0.15, -0.1) is 0 Å². The van der Waals surface area contributed by atoms with Gasteiger partial charge in [0.1, 0.15) is 0 Å². The van der Waals surface area contributed by atoms with Crippen molar-refractivity contribution in [1.29, 1.82) is 0 Å². The fourth-order valence-electron chi connectivity index (χ4n) is 4.46. The van der Waals surface area contributed by atoms with Gasteiger partial charge in [0.2, 0.25) is 11.8 Å². The Morgan fingerprint density at radius 2 is 1.61 bits per heavy atom. The number of carbonyl (C=O) groups is 3. The highest BCUT2D eigenvalue weighted by Gasteiger charge is 2.30. The van der Waals surface area contributed by atoms with E-state index < -0.39 is 12.0 Å². The normalized spacial score (nSPS) is 23.7. The van der Waals surface area contributed by atoms with Crippen molar-refractivity contribution in [2.75, 3.05) is 0 Å². The van der Waals surface area contributed by atoms with E-state index in [0.29, 0.717) is 30.7 Å². The Hall–Kier alpha value is -2.37. The van der Waals surface area contributed by atoms with Crippen LogP contribution in [0.25, 0.3) is 0 Å². The van der Waals surface area contributed by atoms with E-state index in [9.17, 15) is 19.5 Å². The van der Waals surface area contributed by atoms with Crippen LogP contribution < -0.4 is 10.6 Å². The van der Waals surface area contributed by atoms with Crippen LogP contribution in [0, 0.1) is 11.8 Å². The van der Waals surface area contributed by atoms with Gasteiger partial charge in [-0.1, -0.05) is 43.2 Å². The smallest absolute Gasteiger partial charge is 0.330 e. The van der Waals surface area contributed by atoms with Crippen molar-refractivity contribution < 1.29 is 19.5 Å². The minimum absolute atomic E-state index is 0.127. The predicted octanol–water partition coefficient (Wildman–Crippen LogP) is 3.18. The molecule has 1 aromatic carbocycles. The molecule has 1 aromatic rings. The summed E-state index contributed by atoms with van der Waals surface area (Å²) >= 11 is 0. The topological polar surface area (TPSA) is 95.5 Å². The number of amides is 2. The maximum Gasteiger partial charge on any atom is 0.330 e. The minimum atomic E-state index is -1.06. The van der Waals surface area contributed by atoms with E-state index in [1.54, 1.807) is 24.3 Å². The molecule has 0 radical (unpaired) electrons. The number of carboxylic acid groups (broad SMARTS) is 1. The average Bonchev–Trinajstić information content (AvgIpc) is 3.19. The minimum Gasteiger partial charge on any atom is -0.479 e. The number of nitrogens with one attached hydrogen (secondary N) is 2. The maximum atomic E-state index is 12.6. The zero-order valence-electron chi connectivity index (χ0n) is 16.2. The summed E-state index contributed by atoms with van der Waals surface area (Å²) in [7, 11) is 0. The molecule has 6 heteroatoms. The summed E-state index contributed by atoms with van der Waals surface area (Å²) < 4.78 is 0. The maximum absolute atomic E-state index is 12.6. The fourth-order valence-corrected chi connectivity index (χ4v) is 4.46. The van der Waals surface area contributed by atoms with Gasteiger partial charge in [0, 0.05) is 18.4 Å². The van der Waals surface area contributed by atoms with E-state index in [4.69, 9.17) is 0 Å². The highest BCUT2D eigenvalue weighted by atomic mass is 16.4. The van der Waals surface area contributed by atoms with E-state index in [1.807, 2.05) is 6.07 Å². The van der Waals surface area contributed by atoms with E-state index in [0.717, 1.165) is 25.7 Å². The van der Waals surface area contributed by atoms with Gasteiger partial charge in [-0.3, -0.25) is 9.59 Å². The summed E-state index contributed by atoms with van der Waals surface area (Å²) in [5.41, 5.74) is 0.566. The molecule has 2 amide bonds. The van der Waals surface area contributed by atoms with Crippen molar-refractivity contribution in [3.05, 3.63) is 35.9 Å². The molecule has 6 nitrogen and oxygen atoms in total. The molecule has 28 heavy (non-hydrogen) atoms. The summed E-state index contributed by atoms with van der Waals surface area (Å²) in [5, 5.41) is 15.3. The predicted molar refractivity (Wildman–Crippen MR) is 105 cm³/mol. The van der Waals surface area contributed by atoms with Crippen LogP contribution in [-0.2, 0) is 14.4 Å². The van der Waals surface area contributed by atoms with Gasteiger partial charge in [0.15, 0.2) is 6.04 Å². The van der Waals surface area contributed by atoms with E-state index in [2.05, 4.69) is 10.6 Å². The second-order valence-corrected chi connectivity index (χ2v) is 8.16. The molecule has 2 fully saturated rings. The first-order valence-corrected chi connectivity index (χ1v) is 10.4. The van der Waals surface area contributed by atoms with Gasteiger partial charge in [-0.2, -0.15) is 0 Å². The Bertz CT molecular complexity index is 677. The van der Waals surface area contributed by atoms with Crippen molar-refractivity contribution in [1.82, 2.24) is 10.6 Å². The first-order valence-electron chi connectivity index (χ1n) is 10.4. The number of hydrogen-bond donors (Lipinski definition) is 3. The zero-order chi connectivity index (χ0) is 19.9. The van der Waals surface area contributed by atoms with Crippen LogP contribution in [0.15, 0.2) is 30.3 Å². The number of benzene rings is 1. The molecule has 0 heterocycles. The summed E-state index contributed by atoms with van der Waals surface area (Å²) in [6.45, 7) is 0. The summed E-state index contributed by atoms with van der Waals surface area (Å²) in [4.78, 5) is 36.4. The number of hydrogen-bond acceptors (Lipinski definition) is 3. The van der Waals surface area contributed by atoms with Crippen molar-refractivity contribution in [3.63, 3.8) is 0 Å². The molecule has 0 unspecified atom stereocenters. The molecule has 152 valence electrons. The molecule has 0 aliphatic heterocycles. The Labute approximate surface area is 166 Å². The Morgan fingerprint density at radius 1 is 0.964 bits per heavy atom. The molecule has 2 aliphatic carbocycles. The lowest BCUT2D eigenvalue weighted by Gasteiger charge is -2.29. The lowest BCUT2D eigenvalue weighted by Crippen LogP contribution is -2.43. The molecule has 0 bridgehead atoms. The first kappa shape index (κ1) is 20.4. The van der Waals surface area contributed by atoms with Crippen LogP contribution in [0.3, 0.4) is 0 Å². The van der Waals surface area contributed by atoms with E-state index in [-0.39, 0.29) is 23.8 Å². The highest BCUT2D eigenvalue weighted by molar-refractivity contribution is 5.86. The summed E-state index contributed by atoms with van der Waals surface area (Å²) in [6.07, 6.45) is 8.27. The number of rotatable bonds is 7. The molecule has 2 aliphatic rings. The molecule has 3 N–H and O–H groups in total. The average molecular weight is 386 g/mol. The Balaban J connectivity index is 1.45. The SMILES string of the molecule is O=C(CC1CCCC1)NC1CCC(C(=O)N[C@@H](C(=O)O)c2ccccc2)CC1. The van der Waals surface area contributed by atoms with Gasteiger partial charge in [0.25, 0.3) is 0 Å². The van der Waals surface area contributed by atoms with Crippen LogP contribution in [0.4, 0.5) is 0 Å². The summed E-state index contributed by atoms with van der Waals surface area (Å²) in [5.74, 6) is -0.809. The largest absolute Gasteiger partial charge is 0.479 e. The number of carbonyl (C=O) groups excluding carboxylic acids is 2. The highest BCUT2D eigenvalue weighted by Crippen LogP contribution is 2.29. The van der Waals surface area contributed by atoms with Gasteiger partial charge < -0.3 is 15.7 Å². The molecule has 0 saturated heterocycles. The van der Waals surface area contributed by atoms with Crippen LogP contribution in [0.1, 0.15) is 69.4 Å². The Kier molecular flexibility index (Phi) is 7.06. The van der Waals surface area contributed by atoms with Crippen LogP contribution in [0.2, 0.25) is 0 Å². The van der Waals surface area contributed by atoms with E-state index >= 15 is 0 Å². The lowest BCUT2D eigenvalue weighted by molar-refractivity contribution is -0.143. The Morgan fingerprint density at radius 3 is 2.21 bits per heavy atom. The second kappa shape index (κ2) is 9.71. The third-order valence-corrected chi connectivity index (χ3v) is 6.08. The summed E-state index contributed by atoms with van der Waals surface area (Å²) in [6, 6.07) is 7.84. The van der Waals surface area contributed by atoms with Gasteiger partial charge >= 0.3 is 5.97 Å². The van der Waals surface area contributed by atoms with Gasteiger partial charge in [-0.05, 0) is 50.0 Å². The van der Waals surface area contributed by atoms with Gasteiger partial charge in [0.05, 0.1) is 0 Å². The lowest BCUT2D eigenvalue weighted by atomic mass is 9.85. The van der Waals surface area contributed by atoms with Crippen molar-refractivity contribution in [3.8, 4) is 0 Å². The van der Waals surface area contributed by atoms with Crippen molar-refractivity contribution >= 4 is 17.8 Å². The van der Waals surface area contributed by atoms with Crippen molar-refractivity contribution in [2.45, 2.75) is 69.9 Å². The molecular formula is C22H30N2O4.